The maximum Gasteiger partial charge on any atom is 0.212 e. The van der Waals surface area contributed by atoms with Gasteiger partial charge in [0.05, 0.1) is 0 Å². The lowest BCUT2D eigenvalue weighted by Crippen LogP contribution is -2.37. The summed E-state index contributed by atoms with van der Waals surface area (Å²) in [4.78, 5) is 0. The van der Waals surface area contributed by atoms with Gasteiger partial charge in [-0.15, -0.1) is 0 Å². The summed E-state index contributed by atoms with van der Waals surface area (Å²) in [6, 6.07) is 11.8. The Kier molecular flexibility index (Phi) is 4.14. The van der Waals surface area contributed by atoms with Crippen LogP contribution in [0.15, 0.2) is 36.5 Å². The van der Waals surface area contributed by atoms with Gasteiger partial charge < -0.3 is 0 Å². The second kappa shape index (κ2) is 6.51. The Morgan fingerprint density at radius 3 is 2.08 bits per heavy atom. The minimum Gasteiger partial charge on any atom is -0.201 e. The monoisotopic (exact) mass is 346 g/mol. The summed E-state index contributed by atoms with van der Waals surface area (Å²) in [5.74, 6) is 3.60. The topological polar surface area (TPSA) is 3.88 Å². The van der Waals surface area contributed by atoms with E-state index in [4.69, 9.17) is 0 Å². The van der Waals surface area contributed by atoms with Crippen LogP contribution in [0.4, 0.5) is 0 Å². The number of rotatable bonds is 1. The van der Waals surface area contributed by atoms with Crippen LogP contribution in [-0.2, 0) is 7.05 Å². The van der Waals surface area contributed by atoms with Crippen LogP contribution in [0.1, 0.15) is 79.9 Å². The van der Waals surface area contributed by atoms with Gasteiger partial charge in [-0.3, -0.25) is 0 Å². The molecule has 3 aliphatic carbocycles. The Morgan fingerprint density at radius 1 is 0.808 bits per heavy atom. The largest absolute Gasteiger partial charge is 0.212 e. The molecule has 0 spiro atoms. The van der Waals surface area contributed by atoms with Gasteiger partial charge in [0.1, 0.15) is 7.05 Å². The molecule has 2 fully saturated rings. The molecule has 0 amide bonds. The molecule has 2 saturated carbocycles. The molecule has 3 aliphatic rings. The van der Waals surface area contributed by atoms with Crippen LogP contribution < -0.4 is 4.57 Å². The maximum absolute atomic E-state index is 2.60. The highest BCUT2D eigenvalue weighted by Crippen LogP contribution is 2.57. The van der Waals surface area contributed by atoms with Crippen molar-refractivity contribution in [3.63, 3.8) is 0 Å². The third-order valence-electron chi connectivity index (χ3n) is 7.75. The van der Waals surface area contributed by atoms with Gasteiger partial charge in [-0.25, -0.2) is 4.57 Å². The molecule has 4 atom stereocenters. The molecule has 4 unspecified atom stereocenters. The zero-order valence-corrected chi connectivity index (χ0v) is 16.4. The van der Waals surface area contributed by atoms with Crippen LogP contribution in [0.25, 0.3) is 11.3 Å². The first kappa shape index (κ1) is 16.5. The molecule has 1 aromatic heterocycles. The Bertz CT molecular complexity index is 821. The number of hydrogen-bond donors (Lipinski definition) is 0. The SMILES string of the molecule is Cc1cc2c(cc1-c1cccc[n+]1C)C1CCCCC1C1CCCCC21. The molecule has 136 valence electrons. The summed E-state index contributed by atoms with van der Waals surface area (Å²) < 4.78 is 2.28. The van der Waals surface area contributed by atoms with Crippen molar-refractivity contribution in [2.75, 3.05) is 0 Å². The van der Waals surface area contributed by atoms with E-state index in [9.17, 15) is 0 Å². The molecule has 26 heavy (non-hydrogen) atoms. The number of aromatic nitrogens is 1. The second-order valence-corrected chi connectivity index (χ2v) is 9.10. The zero-order valence-electron chi connectivity index (χ0n) is 16.4. The minimum atomic E-state index is 0.825. The van der Waals surface area contributed by atoms with Crippen LogP contribution in [0.5, 0.6) is 0 Å². The van der Waals surface area contributed by atoms with Crippen molar-refractivity contribution < 1.29 is 4.57 Å². The third-order valence-corrected chi connectivity index (χ3v) is 7.75. The molecule has 1 heterocycles. The lowest BCUT2D eigenvalue weighted by molar-refractivity contribution is -0.660. The molecule has 1 aromatic carbocycles. The molecular formula is C25H32N+. The van der Waals surface area contributed by atoms with E-state index in [1.54, 1.807) is 11.1 Å². The van der Waals surface area contributed by atoms with Crippen molar-refractivity contribution in [3.8, 4) is 11.3 Å². The van der Waals surface area contributed by atoms with Crippen molar-refractivity contribution in [2.24, 2.45) is 18.9 Å². The summed E-state index contributed by atoms with van der Waals surface area (Å²) in [7, 11) is 2.18. The van der Waals surface area contributed by atoms with E-state index in [1.807, 2.05) is 0 Å². The van der Waals surface area contributed by atoms with Crippen LogP contribution >= 0.6 is 0 Å². The second-order valence-electron chi connectivity index (χ2n) is 9.10. The lowest BCUT2D eigenvalue weighted by atomic mass is 9.55. The van der Waals surface area contributed by atoms with E-state index < -0.39 is 0 Å². The number of pyridine rings is 1. The van der Waals surface area contributed by atoms with Gasteiger partial charge in [-0.05, 0) is 85.1 Å². The number of nitrogens with zero attached hydrogens (tertiary/aromatic N) is 1. The summed E-state index contributed by atoms with van der Waals surface area (Å²) in [6.45, 7) is 2.33. The fourth-order valence-corrected chi connectivity index (χ4v) is 6.58. The molecule has 0 bridgehead atoms. The minimum absolute atomic E-state index is 0.825. The molecule has 0 aliphatic heterocycles. The number of fused-ring (bicyclic) bond motifs is 6. The predicted octanol–water partition coefficient (Wildman–Crippen LogP) is 6.05. The molecule has 0 N–H and O–H groups in total. The van der Waals surface area contributed by atoms with E-state index in [0.717, 1.165) is 23.7 Å². The first-order chi connectivity index (χ1) is 12.7. The average Bonchev–Trinajstić information content (AvgIpc) is 2.68. The van der Waals surface area contributed by atoms with Crippen LogP contribution in [0.3, 0.4) is 0 Å². The molecule has 2 aromatic rings. The van der Waals surface area contributed by atoms with Crippen LogP contribution in [0.2, 0.25) is 0 Å². The van der Waals surface area contributed by atoms with Gasteiger partial charge in [0.25, 0.3) is 0 Å². The Labute approximate surface area is 158 Å². The molecular weight excluding hydrogens is 314 g/mol. The summed E-state index contributed by atoms with van der Waals surface area (Å²) in [5, 5.41) is 0. The van der Waals surface area contributed by atoms with Crippen molar-refractivity contribution in [2.45, 2.75) is 70.1 Å². The zero-order chi connectivity index (χ0) is 17.7. The molecule has 0 saturated heterocycles. The molecule has 1 heteroatoms. The summed E-state index contributed by atoms with van der Waals surface area (Å²) in [5.41, 5.74) is 7.72. The Balaban J connectivity index is 1.67. The van der Waals surface area contributed by atoms with Crippen molar-refractivity contribution >= 4 is 0 Å². The number of hydrogen-bond acceptors (Lipinski definition) is 0. The Morgan fingerprint density at radius 2 is 1.42 bits per heavy atom. The molecule has 0 radical (unpaired) electrons. The molecule has 1 nitrogen and oxygen atoms in total. The van der Waals surface area contributed by atoms with E-state index >= 15 is 0 Å². The fourth-order valence-electron chi connectivity index (χ4n) is 6.58. The van der Waals surface area contributed by atoms with Gasteiger partial charge in [0.2, 0.25) is 5.69 Å². The van der Waals surface area contributed by atoms with Gasteiger partial charge >= 0.3 is 0 Å². The standard InChI is InChI=1S/C25H32N/c1-17-15-23-20-11-5-3-9-18(20)19-10-4-6-12-21(19)24(23)16-22(17)25-13-7-8-14-26(25)2/h7-8,13-16,18-21H,3-6,9-12H2,1-2H3/q+1. The van der Waals surface area contributed by atoms with E-state index in [0.29, 0.717) is 0 Å². The van der Waals surface area contributed by atoms with Crippen LogP contribution in [-0.4, -0.2) is 0 Å². The molecule has 5 rings (SSSR count). The van der Waals surface area contributed by atoms with Gasteiger partial charge in [0, 0.05) is 17.7 Å². The Hall–Kier alpha value is -1.63. The first-order valence-electron chi connectivity index (χ1n) is 10.8. The number of benzene rings is 1. The highest BCUT2D eigenvalue weighted by atomic mass is 14.9. The quantitative estimate of drug-likeness (QED) is 0.554. The summed E-state index contributed by atoms with van der Waals surface area (Å²) >= 11 is 0. The van der Waals surface area contributed by atoms with E-state index in [2.05, 4.69) is 55.1 Å². The van der Waals surface area contributed by atoms with E-state index in [1.165, 1.54) is 68.2 Å². The third kappa shape index (κ3) is 2.54. The highest BCUT2D eigenvalue weighted by Gasteiger charge is 2.44. The number of aryl methyl sites for hydroxylation is 2. The summed E-state index contributed by atoms with van der Waals surface area (Å²) in [6.07, 6.45) is 13.8. The van der Waals surface area contributed by atoms with Gasteiger partial charge in [-0.2, -0.15) is 0 Å². The van der Waals surface area contributed by atoms with Gasteiger partial charge in [-0.1, -0.05) is 31.7 Å². The smallest absolute Gasteiger partial charge is 0.201 e. The predicted molar refractivity (Wildman–Crippen MR) is 107 cm³/mol. The lowest BCUT2D eigenvalue weighted by Gasteiger charge is -2.49. The maximum atomic E-state index is 2.60. The van der Waals surface area contributed by atoms with Crippen molar-refractivity contribution in [1.29, 1.82) is 0 Å². The van der Waals surface area contributed by atoms with Gasteiger partial charge in [0.15, 0.2) is 6.20 Å². The van der Waals surface area contributed by atoms with Crippen molar-refractivity contribution in [1.82, 2.24) is 0 Å². The van der Waals surface area contributed by atoms with Crippen molar-refractivity contribution in [3.05, 3.63) is 53.2 Å². The normalized spacial score (nSPS) is 30.2. The average molecular weight is 347 g/mol. The van der Waals surface area contributed by atoms with E-state index in [-0.39, 0.29) is 0 Å². The first-order valence-corrected chi connectivity index (χ1v) is 10.8. The van der Waals surface area contributed by atoms with Crippen LogP contribution in [0, 0.1) is 18.8 Å². The highest BCUT2D eigenvalue weighted by molar-refractivity contribution is 5.64. The fraction of sp³-hybridized carbons (Fsp3) is 0.560.